The quantitative estimate of drug-likeness (QED) is 0.598. The smallest absolute Gasteiger partial charge is 0.291 e. The number of fused-ring (bicyclic) bond motifs is 1. The number of benzene rings is 1. The SMILES string of the molecule is Cc1nc2n(c1-c1cc(F)c(Oc3ccc(C(C)(C)O)cn3)cc1F)CN(CC1CC1)C2=O. The van der Waals surface area contributed by atoms with Crippen LogP contribution in [0.15, 0.2) is 30.5 Å². The summed E-state index contributed by atoms with van der Waals surface area (Å²) in [6.07, 6.45) is 3.63. The van der Waals surface area contributed by atoms with Gasteiger partial charge in [0.15, 0.2) is 11.6 Å². The maximum atomic E-state index is 15.1. The second-order valence-corrected chi connectivity index (χ2v) is 9.22. The molecule has 0 spiro atoms. The molecular formula is C24H24F2N4O3. The van der Waals surface area contributed by atoms with Crippen molar-refractivity contribution < 1.29 is 23.4 Å². The zero-order chi connectivity index (χ0) is 23.5. The van der Waals surface area contributed by atoms with Crippen LogP contribution in [0.3, 0.4) is 0 Å². The number of imidazole rings is 1. The summed E-state index contributed by atoms with van der Waals surface area (Å²) in [7, 11) is 0. The molecule has 0 unspecified atom stereocenters. The molecule has 3 heterocycles. The Labute approximate surface area is 189 Å². The predicted molar refractivity (Wildman–Crippen MR) is 116 cm³/mol. The number of aryl methyl sites for hydroxylation is 1. The minimum absolute atomic E-state index is 0.0162. The number of aromatic nitrogens is 3. The molecule has 1 N–H and O–H groups in total. The van der Waals surface area contributed by atoms with Gasteiger partial charge in [0.05, 0.1) is 23.7 Å². The number of amides is 1. The number of carbonyl (C=O) groups excluding carboxylic acids is 1. The molecule has 0 bridgehead atoms. The first-order chi connectivity index (χ1) is 15.6. The predicted octanol–water partition coefficient (Wildman–Crippen LogP) is 4.37. The van der Waals surface area contributed by atoms with E-state index in [9.17, 15) is 14.3 Å². The molecular weight excluding hydrogens is 430 g/mol. The third-order valence-electron chi connectivity index (χ3n) is 6.04. The van der Waals surface area contributed by atoms with E-state index in [1.807, 2.05) is 0 Å². The normalized spacial score (nSPS) is 15.8. The Kier molecular flexibility index (Phi) is 4.97. The number of nitrogens with zero attached hydrogens (tertiary/aromatic N) is 4. The van der Waals surface area contributed by atoms with Crippen molar-refractivity contribution in [3.63, 3.8) is 0 Å². The maximum absolute atomic E-state index is 15.1. The summed E-state index contributed by atoms with van der Waals surface area (Å²) in [5, 5.41) is 10.0. The lowest BCUT2D eigenvalue weighted by molar-refractivity contribution is 0.0756. The summed E-state index contributed by atoms with van der Waals surface area (Å²) >= 11 is 0. The minimum Gasteiger partial charge on any atom is -0.436 e. The lowest BCUT2D eigenvalue weighted by Crippen LogP contribution is -2.27. The molecule has 3 aromatic rings. The largest absolute Gasteiger partial charge is 0.436 e. The van der Waals surface area contributed by atoms with Gasteiger partial charge in [-0.15, -0.1) is 0 Å². The van der Waals surface area contributed by atoms with Gasteiger partial charge in [-0.25, -0.2) is 18.7 Å². The van der Waals surface area contributed by atoms with Gasteiger partial charge in [0, 0.05) is 36.0 Å². The van der Waals surface area contributed by atoms with E-state index in [0.29, 0.717) is 29.4 Å². The number of pyridine rings is 1. The molecule has 0 atom stereocenters. The molecule has 9 heteroatoms. The van der Waals surface area contributed by atoms with Crippen LogP contribution < -0.4 is 4.74 Å². The molecule has 1 aliphatic heterocycles. The first-order valence-electron chi connectivity index (χ1n) is 10.8. The minimum atomic E-state index is -1.08. The fourth-order valence-corrected chi connectivity index (χ4v) is 4.05. The zero-order valence-corrected chi connectivity index (χ0v) is 18.6. The molecule has 0 radical (unpaired) electrons. The maximum Gasteiger partial charge on any atom is 0.291 e. The highest BCUT2D eigenvalue weighted by Gasteiger charge is 2.36. The third-order valence-corrected chi connectivity index (χ3v) is 6.04. The van der Waals surface area contributed by atoms with Gasteiger partial charge in [0.25, 0.3) is 5.91 Å². The van der Waals surface area contributed by atoms with Crippen LogP contribution >= 0.6 is 0 Å². The lowest BCUT2D eigenvalue weighted by atomic mass is 10.0. The van der Waals surface area contributed by atoms with Gasteiger partial charge in [-0.3, -0.25) is 4.79 Å². The van der Waals surface area contributed by atoms with Crippen molar-refractivity contribution in [2.75, 3.05) is 6.54 Å². The van der Waals surface area contributed by atoms with Crippen molar-refractivity contribution in [2.45, 2.75) is 45.9 Å². The summed E-state index contributed by atoms with van der Waals surface area (Å²) in [6, 6.07) is 5.11. The summed E-state index contributed by atoms with van der Waals surface area (Å²) in [4.78, 5) is 22.8. The van der Waals surface area contributed by atoms with E-state index < -0.39 is 17.2 Å². The van der Waals surface area contributed by atoms with Crippen molar-refractivity contribution in [3.8, 4) is 22.9 Å². The first-order valence-corrected chi connectivity index (χ1v) is 10.8. The molecule has 1 fully saturated rings. The fraction of sp³-hybridized carbons (Fsp3) is 0.375. The Morgan fingerprint density at radius 2 is 1.97 bits per heavy atom. The van der Waals surface area contributed by atoms with Crippen molar-refractivity contribution in [3.05, 3.63) is 59.2 Å². The van der Waals surface area contributed by atoms with E-state index in [2.05, 4.69) is 9.97 Å². The lowest BCUT2D eigenvalue weighted by Gasteiger charge is -2.17. The molecule has 33 heavy (non-hydrogen) atoms. The molecule has 0 saturated heterocycles. The summed E-state index contributed by atoms with van der Waals surface area (Å²) < 4.78 is 37.2. The summed E-state index contributed by atoms with van der Waals surface area (Å²) in [5.74, 6) is -1.13. The molecule has 5 rings (SSSR count). The Balaban J connectivity index is 1.43. The van der Waals surface area contributed by atoms with Crippen LogP contribution in [0.25, 0.3) is 11.3 Å². The van der Waals surface area contributed by atoms with Crippen molar-refractivity contribution in [2.24, 2.45) is 5.92 Å². The standard InChI is InChI=1S/C24H24F2N4O3/c1-13-21(30-12-29(11-14-4-5-14)23(31)22(30)28-13)16-8-18(26)19(9-17(16)25)33-20-7-6-15(10-27-20)24(2,3)32/h6-10,14,32H,4-5,11-12H2,1-3H3. The monoisotopic (exact) mass is 454 g/mol. The molecule has 1 aliphatic carbocycles. The number of halogens is 2. The van der Waals surface area contributed by atoms with Crippen molar-refractivity contribution in [1.82, 2.24) is 19.4 Å². The molecule has 2 aromatic heterocycles. The highest BCUT2D eigenvalue weighted by atomic mass is 19.1. The molecule has 7 nitrogen and oxygen atoms in total. The van der Waals surface area contributed by atoms with E-state index in [0.717, 1.165) is 25.0 Å². The van der Waals surface area contributed by atoms with Gasteiger partial charge in [-0.1, -0.05) is 0 Å². The van der Waals surface area contributed by atoms with Crippen LogP contribution in [0.4, 0.5) is 8.78 Å². The number of aliphatic hydroxyl groups is 1. The van der Waals surface area contributed by atoms with Gasteiger partial charge in [0.1, 0.15) is 5.82 Å². The molecule has 172 valence electrons. The highest BCUT2D eigenvalue weighted by Crippen LogP contribution is 2.37. The van der Waals surface area contributed by atoms with Crippen LogP contribution in [0.5, 0.6) is 11.6 Å². The van der Waals surface area contributed by atoms with E-state index in [4.69, 9.17) is 4.74 Å². The molecule has 1 amide bonds. The molecule has 1 saturated carbocycles. The van der Waals surface area contributed by atoms with E-state index in [1.165, 1.54) is 12.3 Å². The Hall–Kier alpha value is -3.33. The van der Waals surface area contributed by atoms with Crippen LogP contribution in [-0.4, -0.2) is 37.0 Å². The highest BCUT2D eigenvalue weighted by molar-refractivity contribution is 5.94. The number of carbonyl (C=O) groups is 1. The van der Waals surface area contributed by atoms with Gasteiger partial charge in [0.2, 0.25) is 11.7 Å². The van der Waals surface area contributed by atoms with E-state index in [-0.39, 0.29) is 35.6 Å². The number of hydrogen-bond acceptors (Lipinski definition) is 5. The average Bonchev–Trinajstić information content (AvgIpc) is 3.45. The second-order valence-electron chi connectivity index (χ2n) is 9.22. The van der Waals surface area contributed by atoms with Crippen molar-refractivity contribution in [1.29, 1.82) is 0 Å². The van der Waals surface area contributed by atoms with Gasteiger partial charge in [-0.05, 0) is 51.7 Å². The second kappa shape index (κ2) is 7.62. The van der Waals surface area contributed by atoms with Crippen LogP contribution in [0.1, 0.15) is 48.6 Å². The third kappa shape index (κ3) is 3.97. The molecule has 2 aliphatic rings. The first kappa shape index (κ1) is 21.5. The Morgan fingerprint density at radius 1 is 1.21 bits per heavy atom. The van der Waals surface area contributed by atoms with E-state index in [1.54, 1.807) is 36.3 Å². The van der Waals surface area contributed by atoms with Crippen LogP contribution in [0, 0.1) is 24.5 Å². The van der Waals surface area contributed by atoms with Crippen LogP contribution in [-0.2, 0) is 12.3 Å². The topological polar surface area (TPSA) is 80.5 Å². The molecule has 1 aromatic carbocycles. The van der Waals surface area contributed by atoms with E-state index >= 15 is 4.39 Å². The number of rotatable bonds is 6. The average molecular weight is 454 g/mol. The summed E-state index contributed by atoms with van der Waals surface area (Å²) in [6.45, 7) is 5.84. The number of hydrogen-bond donors (Lipinski definition) is 1. The zero-order valence-electron chi connectivity index (χ0n) is 18.6. The number of ether oxygens (including phenoxy) is 1. The van der Waals surface area contributed by atoms with Crippen molar-refractivity contribution >= 4 is 5.91 Å². The Morgan fingerprint density at radius 3 is 2.61 bits per heavy atom. The van der Waals surface area contributed by atoms with Gasteiger partial charge >= 0.3 is 0 Å². The van der Waals surface area contributed by atoms with Crippen LogP contribution in [0.2, 0.25) is 0 Å². The Bertz CT molecular complexity index is 1240. The van der Waals surface area contributed by atoms with Gasteiger partial charge < -0.3 is 19.3 Å². The summed E-state index contributed by atoms with van der Waals surface area (Å²) in [5.41, 5.74) is 0.339. The fourth-order valence-electron chi connectivity index (χ4n) is 4.05. The van der Waals surface area contributed by atoms with Gasteiger partial charge in [-0.2, -0.15) is 0 Å².